The molecule has 2 rings (SSSR count). The second-order valence-corrected chi connectivity index (χ2v) is 4.02. The lowest BCUT2D eigenvalue weighted by Gasteiger charge is -2.16. The lowest BCUT2D eigenvalue weighted by atomic mass is 10.1. The van der Waals surface area contributed by atoms with Crippen LogP contribution >= 0.6 is 0 Å². The molecule has 94 valence electrons. The van der Waals surface area contributed by atoms with Gasteiger partial charge in [0.15, 0.2) is 0 Å². The van der Waals surface area contributed by atoms with E-state index in [1.807, 2.05) is 42.5 Å². The van der Waals surface area contributed by atoms with Crippen molar-refractivity contribution in [2.75, 3.05) is 19.0 Å². The van der Waals surface area contributed by atoms with Gasteiger partial charge in [-0.25, -0.2) is 4.79 Å². The van der Waals surface area contributed by atoms with Crippen molar-refractivity contribution in [1.29, 1.82) is 0 Å². The molecule has 0 heterocycles. The zero-order valence-electron chi connectivity index (χ0n) is 10.2. The van der Waals surface area contributed by atoms with Gasteiger partial charge in [-0.15, -0.1) is 0 Å². The number of anilines is 1. The van der Waals surface area contributed by atoms with Crippen LogP contribution in [0.25, 0.3) is 10.8 Å². The van der Waals surface area contributed by atoms with Gasteiger partial charge in [-0.2, -0.15) is 0 Å². The highest BCUT2D eigenvalue weighted by molar-refractivity contribution is 5.87. The molecule has 0 aliphatic rings. The Morgan fingerprint density at radius 1 is 1.28 bits per heavy atom. The molecular weight excluding hydrogens is 228 g/mol. The van der Waals surface area contributed by atoms with Gasteiger partial charge in [0.2, 0.25) is 0 Å². The Labute approximate surface area is 106 Å². The summed E-state index contributed by atoms with van der Waals surface area (Å²) in [5.41, 5.74) is 6.40. The molecule has 1 atom stereocenters. The molecular formula is C14H16N2O2. The zero-order chi connectivity index (χ0) is 13.0. The fraction of sp³-hybridized carbons (Fsp3) is 0.214. The number of benzene rings is 2. The van der Waals surface area contributed by atoms with Gasteiger partial charge in [-0.3, -0.25) is 0 Å². The first-order chi connectivity index (χ1) is 8.74. The minimum Gasteiger partial charge on any atom is -0.467 e. The van der Waals surface area contributed by atoms with E-state index in [4.69, 9.17) is 5.73 Å². The second kappa shape index (κ2) is 5.51. The molecule has 18 heavy (non-hydrogen) atoms. The molecule has 1 unspecified atom stereocenters. The summed E-state index contributed by atoms with van der Waals surface area (Å²) in [6.45, 7) is 0.194. The third kappa shape index (κ3) is 2.60. The predicted octanol–water partition coefficient (Wildman–Crippen LogP) is 1.75. The maximum absolute atomic E-state index is 11.4. The molecule has 0 bridgehead atoms. The molecule has 4 heteroatoms. The van der Waals surface area contributed by atoms with E-state index < -0.39 is 6.04 Å². The Kier molecular flexibility index (Phi) is 3.79. The predicted molar refractivity (Wildman–Crippen MR) is 72.4 cm³/mol. The molecule has 3 N–H and O–H groups in total. The van der Waals surface area contributed by atoms with Crippen LogP contribution in [0.3, 0.4) is 0 Å². The Hall–Kier alpha value is -2.07. The Balaban J connectivity index is 2.23. The van der Waals surface area contributed by atoms with Gasteiger partial charge in [0.05, 0.1) is 7.11 Å². The highest BCUT2D eigenvalue weighted by Gasteiger charge is 2.16. The van der Waals surface area contributed by atoms with Crippen LogP contribution in [0.5, 0.6) is 0 Å². The van der Waals surface area contributed by atoms with E-state index in [1.165, 1.54) is 7.11 Å². The summed E-state index contributed by atoms with van der Waals surface area (Å²) in [6, 6.07) is 13.4. The van der Waals surface area contributed by atoms with Crippen molar-refractivity contribution in [1.82, 2.24) is 0 Å². The summed E-state index contributed by atoms with van der Waals surface area (Å²) in [7, 11) is 1.35. The van der Waals surface area contributed by atoms with E-state index in [0.29, 0.717) is 0 Å². The molecule has 0 aromatic heterocycles. The van der Waals surface area contributed by atoms with E-state index in [0.717, 1.165) is 16.5 Å². The Morgan fingerprint density at radius 2 is 2.00 bits per heavy atom. The Bertz CT molecular complexity index is 554. The van der Waals surface area contributed by atoms with Crippen LogP contribution in [0.15, 0.2) is 42.5 Å². The molecule has 0 fully saturated rings. The van der Waals surface area contributed by atoms with Crippen molar-refractivity contribution in [3.8, 4) is 0 Å². The molecule has 0 saturated heterocycles. The first-order valence-electron chi connectivity index (χ1n) is 5.78. The van der Waals surface area contributed by atoms with Gasteiger partial charge in [-0.1, -0.05) is 30.3 Å². The van der Waals surface area contributed by atoms with Crippen molar-refractivity contribution in [3.63, 3.8) is 0 Å². The van der Waals surface area contributed by atoms with Gasteiger partial charge in [0.25, 0.3) is 0 Å². The van der Waals surface area contributed by atoms with Crippen LogP contribution in [0, 0.1) is 0 Å². The molecule has 0 amide bonds. The molecule has 2 aromatic rings. The van der Waals surface area contributed by atoms with Gasteiger partial charge < -0.3 is 15.8 Å². The monoisotopic (exact) mass is 244 g/mol. The van der Waals surface area contributed by atoms with Gasteiger partial charge in [0.1, 0.15) is 6.04 Å². The molecule has 0 aliphatic heterocycles. The summed E-state index contributed by atoms with van der Waals surface area (Å²) in [6.07, 6.45) is 0. The van der Waals surface area contributed by atoms with Crippen LogP contribution in [0.1, 0.15) is 0 Å². The summed E-state index contributed by atoms with van der Waals surface area (Å²) >= 11 is 0. The maximum Gasteiger partial charge on any atom is 0.329 e. The number of fused-ring (bicyclic) bond motifs is 1. The number of nitrogens with one attached hydrogen (secondary N) is 1. The van der Waals surface area contributed by atoms with E-state index in [9.17, 15) is 4.79 Å². The minimum absolute atomic E-state index is 0.194. The normalized spacial score (nSPS) is 12.1. The number of ether oxygens (including phenoxy) is 1. The molecule has 0 saturated carbocycles. The van der Waals surface area contributed by atoms with Crippen molar-refractivity contribution in [3.05, 3.63) is 42.5 Å². The number of hydrogen-bond acceptors (Lipinski definition) is 4. The summed E-state index contributed by atoms with van der Waals surface area (Å²) in [4.78, 5) is 11.4. The standard InChI is InChI=1S/C14H16N2O2/c1-18-14(17)13(9-15)16-12-7-6-10-4-2-3-5-11(10)8-12/h2-8,13,16H,9,15H2,1H3. The number of carbonyl (C=O) groups excluding carboxylic acids is 1. The minimum atomic E-state index is -0.517. The Morgan fingerprint density at radius 3 is 2.67 bits per heavy atom. The van der Waals surface area contributed by atoms with E-state index in [-0.39, 0.29) is 12.5 Å². The maximum atomic E-state index is 11.4. The summed E-state index contributed by atoms with van der Waals surface area (Å²) < 4.78 is 4.68. The number of hydrogen-bond donors (Lipinski definition) is 2. The van der Waals surface area contributed by atoms with Crippen LogP contribution in [0.2, 0.25) is 0 Å². The van der Waals surface area contributed by atoms with Crippen LogP contribution in [-0.4, -0.2) is 25.7 Å². The number of esters is 1. The van der Waals surface area contributed by atoms with Gasteiger partial charge in [-0.05, 0) is 22.9 Å². The number of carbonyl (C=O) groups is 1. The third-order valence-electron chi connectivity index (χ3n) is 2.81. The fourth-order valence-corrected chi connectivity index (χ4v) is 1.84. The highest BCUT2D eigenvalue weighted by Crippen LogP contribution is 2.19. The lowest BCUT2D eigenvalue weighted by molar-refractivity contribution is -0.141. The zero-order valence-corrected chi connectivity index (χ0v) is 10.2. The topological polar surface area (TPSA) is 64.3 Å². The van der Waals surface area contributed by atoms with Crippen molar-refractivity contribution < 1.29 is 9.53 Å². The van der Waals surface area contributed by atoms with Crippen LogP contribution < -0.4 is 11.1 Å². The fourth-order valence-electron chi connectivity index (χ4n) is 1.84. The van der Waals surface area contributed by atoms with Crippen molar-refractivity contribution >= 4 is 22.4 Å². The van der Waals surface area contributed by atoms with E-state index >= 15 is 0 Å². The first kappa shape index (κ1) is 12.4. The molecule has 0 spiro atoms. The number of rotatable bonds is 4. The second-order valence-electron chi connectivity index (χ2n) is 4.02. The largest absolute Gasteiger partial charge is 0.467 e. The first-order valence-corrected chi connectivity index (χ1v) is 5.78. The van der Waals surface area contributed by atoms with Gasteiger partial charge in [0, 0.05) is 12.2 Å². The van der Waals surface area contributed by atoms with Crippen molar-refractivity contribution in [2.45, 2.75) is 6.04 Å². The third-order valence-corrected chi connectivity index (χ3v) is 2.81. The average molecular weight is 244 g/mol. The number of methoxy groups -OCH3 is 1. The summed E-state index contributed by atoms with van der Waals surface area (Å²) in [5, 5.41) is 5.34. The smallest absolute Gasteiger partial charge is 0.329 e. The lowest BCUT2D eigenvalue weighted by Crippen LogP contribution is -2.37. The number of nitrogens with two attached hydrogens (primary N) is 1. The SMILES string of the molecule is COC(=O)C(CN)Nc1ccc2ccccc2c1. The quantitative estimate of drug-likeness (QED) is 0.804. The summed E-state index contributed by atoms with van der Waals surface area (Å²) in [5.74, 6) is -0.356. The highest BCUT2D eigenvalue weighted by atomic mass is 16.5. The molecule has 0 radical (unpaired) electrons. The molecule has 4 nitrogen and oxygen atoms in total. The van der Waals surface area contributed by atoms with Crippen molar-refractivity contribution in [2.24, 2.45) is 5.73 Å². The van der Waals surface area contributed by atoms with Crippen LogP contribution in [-0.2, 0) is 9.53 Å². The molecule has 2 aromatic carbocycles. The van der Waals surface area contributed by atoms with Crippen LogP contribution in [0.4, 0.5) is 5.69 Å². The van der Waals surface area contributed by atoms with Gasteiger partial charge >= 0.3 is 5.97 Å². The van der Waals surface area contributed by atoms with E-state index in [1.54, 1.807) is 0 Å². The molecule has 0 aliphatic carbocycles. The average Bonchev–Trinajstić information content (AvgIpc) is 2.43. The van der Waals surface area contributed by atoms with E-state index in [2.05, 4.69) is 10.1 Å².